The highest BCUT2D eigenvalue weighted by Gasteiger charge is 2.27. The Morgan fingerprint density at radius 2 is 1.82 bits per heavy atom. The van der Waals surface area contributed by atoms with Crippen LogP contribution >= 0.6 is 0 Å². The summed E-state index contributed by atoms with van der Waals surface area (Å²) < 4.78 is 31.0. The molecule has 4 rings (SSSR count). The molecular weight excluding hydrogens is 517 g/mol. The van der Waals surface area contributed by atoms with Crippen LogP contribution in [0.3, 0.4) is 0 Å². The molecule has 11 heteroatoms. The summed E-state index contributed by atoms with van der Waals surface area (Å²) in [4.78, 5) is 33.0. The van der Waals surface area contributed by atoms with Gasteiger partial charge in [-0.3, -0.25) is 9.69 Å². The second-order valence-corrected chi connectivity index (χ2v) is 10.7. The number of halogens is 1. The summed E-state index contributed by atoms with van der Waals surface area (Å²) in [7, 11) is 0. The molecule has 2 amide bonds. The Balaban J connectivity index is 1.17. The molecule has 0 saturated carbocycles. The van der Waals surface area contributed by atoms with E-state index in [0.717, 1.165) is 31.6 Å². The minimum atomic E-state index is -0.660. The van der Waals surface area contributed by atoms with Gasteiger partial charge in [-0.1, -0.05) is 23.4 Å². The maximum absolute atomic E-state index is 14.8. The molecule has 40 heavy (non-hydrogen) atoms. The molecule has 1 aliphatic heterocycles. The van der Waals surface area contributed by atoms with E-state index in [1.807, 2.05) is 30.3 Å². The zero-order valence-electron chi connectivity index (χ0n) is 23.4. The van der Waals surface area contributed by atoms with E-state index in [2.05, 4.69) is 20.4 Å². The minimum absolute atomic E-state index is 0.128. The molecule has 0 bridgehead atoms. The number of hydrogen-bond donors (Lipinski definition) is 1. The normalized spacial score (nSPS) is 15.0. The van der Waals surface area contributed by atoms with Crippen molar-refractivity contribution < 1.29 is 28.0 Å². The molecule has 1 saturated heterocycles. The number of nitrogens with zero attached hydrogens (tertiary/aromatic N) is 4. The number of amides is 2. The number of alkyl carbamates (subject to hydrolysis) is 1. The largest absolute Gasteiger partial charge is 0.493 e. The predicted octanol–water partition coefficient (Wildman–Crippen LogP) is 4.37. The summed E-state index contributed by atoms with van der Waals surface area (Å²) in [5, 5.41) is 6.52. The second-order valence-electron chi connectivity index (χ2n) is 10.7. The van der Waals surface area contributed by atoms with Gasteiger partial charge in [-0.25, -0.2) is 9.18 Å². The van der Waals surface area contributed by atoms with Gasteiger partial charge in [0.2, 0.25) is 11.7 Å². The van der Waals surface area contributed by atoms with Gasteiger partial charge in [-0.2, -0.15) is 4.98 Å². The van der Waals surface area contributed by atoms with E-state index < -0.39 is 23.6 Å². The highest BCUT2D eigenvalue weighted by atomic mass is 19.1. The van der Waals surface area contributed by atoms with Crippen molar-refractivity contribution >= 4 is 12.0 Å². The third-order valence-electron chi connectivity index (χ3n) is 6.30. The summed E-state index contributed by atoms with van der Waals surface area (Å²) >= 11 is 0. The van der Waals surface area contributed by atoms with Crippen molar-refractivity contribution in [2.75, 3.05) is 39.3 Å². The fraction of sp³-hybridized carbons (Fsp3) is 0.448. The lowest BCUT2D eigenvalue weighted by Gasteiger charge is -2.36. The van der Waals surface area contributed by atoms with E-state index in [4.69, 9.17) is 14.0 Å². The van der Waals surface area contributed by atoms with Crippen LogP contribution < -0.4 is 10.1 Å². The van der Waals surface area contributed by atoms with Crippen molar-refractivity contribution in [3.8, 4) is 28.6 Å². The van der Waals surface area contributed by atoms with E-state index in [1.165, 1.54) is 6.07 Å². The predicted molar refractivity (Wildman–Crippen MR) is 147 cm³/mol. The van der Waals surface area contributed by atoms with Crippen molar-refractivity contribution in [2.24, 2.45) is 0 Å². The van der Waals surface area contributed by atoms with Crippen LogP contribution in [-0.4, -0.2) is 82.9 Å². The van der Waals surface area contributed by atoms with Gasteiger partial charge in [0.1, 0.15) is 23.2 Å². The molecule has 2 heterocycles. The Hall–Kier alpha value is -3.99. The van der Waals surface area contributed by atoms with Crippen LogP contribution in [0.1, 0.15) is 34.1 Å². The van der Waals surface area contributed by atoms with E-state index >= 15 is 0 Å². The second kappa shape index (κ2) is 12.9. The van der Waals surface area contributed by atoms with Crippen molar-refractivity contribution in [3.05, 3.63) is 54.3 Å². The van der Waals surface area contributed by atoms with Crippen LogP contribution in [0.25, 0.3) is 22.8 Å². The highest BCUT2D eigenvalue weighted by Crippen LogP contribution is 2.26. The first kappa shape index (κ1) is 29.0. The molecule has 214 valence electrons. The number of aromatic nitrogens is 2. The topological polar surface area (TPSA) is 110 Å². The molecule has 3 aromatic rings. The molecule has 1 N–H and O–H groups in total. The third kappa shape index (κ3) is 8.01. The molecule has 10 nitrogen and oxygen atoms in total. The zero-order chi connectivity index (χ0) is 28.7. The lowest BCUT2D eigenvalue weighted by Crippen LogP contribution is -2.54. The average molecular weight is 554 g/mol. The van der Waals surface area contributed by atoms with Gasteiger partial charge in [-0.05, 0) is 58.4 Å². The quantitative estimate of drug-likeness (QED) is 0.389. The fourth-order valence-electron chi connectivity index (χ4n) is 4.29. The lowest BCUT2D eigenvalue weighted by atomic mass is 10.2. The van der Waals surface area contributed by atoms with Crippen molar-refractivity contribution in [1.82, 2.24) is 25.3 Å². The SMILES string of the molecule is C[C@@H](NC(=O)OC(C)(C)C)C(=O)N1CCN(CCCOc2ccc(-c3noc(-c4ccccc4)n3)c(F)c2)CC1. The first-order valence-electron chi connectivity index (χ1n) is 13.4. The molecule has 1 fully saturated rings. The standard InChI is InChI=1S/C29H36FN5O5/c1-20(31-28(37)39-29(2,3)4)27(36)35-16-14-34(15-17-35)13-8-18-38-22-11-12-23(24(30)19-22)25-32-26(40-33-25)21-9-6-5-7-10-21/h5-7,9-12,19-20H,8,13-18H2,1-4H3,(H,31,37)/t20-/m1/s1. The van der Waals surface area contributed by atoms with Crippen LogP contribution in [0.15, 0.2) is 53.1 Å². The monoisotopic (exact) mass is 553 g/mol. The summed E-state index contributed by atoms with van der Waals surface area (Å²) in [5.41, 5.74) is 0.378. The molecular formula is C29H36FN5O5. The first-order chi connectivity index (χ1) is 19.1. The van der Waals surface area contributed by atoms with Crippen LogP contribution in [0, 0.1) is 5.82 Å². The molecule has 1 aromatic heterocycles. The van der Waals surface area contributed by atoms with Gasteiger partial charge < -0.3 is 24.2 Å². The molecule has 1 aliphatic rings. The number of hydrogen-bond acceptors (Lipinski definition) is 8. The maximum Gasteiger partial charge on any atom is 0.408 e. The molecule has 0 aliphatic carbocycles. The van der Waals surface area contributed by atoms with Gasteiger partial charge in [0.15, 0.2) is 0 Å². The van der Waals surface area contributed by atoms with Crippen LogP contribution in [0.4, 0.5) is 9.18 Å². The van der Waals surface area contributed by atoms with E-state index in [0.29, 0.717) is 31.3 Å². The van der Waals surface area contributed by atoms with Gasteiger partial charge in [0.05, 0.1) is 12.2 Å². The number of piperazine rings is 1. The van der Waals surface area contributed by atoms with Crippen LogP contribution in [0.2, 0.25) is 0 Å². The van der Waals surface area contributed by atoms with E-state index in [9.17, 15) is 14.0 Å². The lowest BCUT2D eigenvalue weighted by molar-refractivity contribution is -0.134. The van der Waals surface area contributed by atoms with Crippen molar-refractivity contribution in [2.45, 2.75) is 45.8 Å². The number of nitrogens with one attached hydrogen (secondary N) is 1. The average Bonchev–Trinajstić information content (AvgIpc) is 3.40. The van der Waals surface area contributed by atoms with E-state index in [-0.39, 0.29) is 17.3 Å². The number of ether oxygens (including phenoxy) is 2. The molecule has 0 spiro atoms. The Morgan fingerprint density at radius 3 is 2.50 bits per heavy atom. The smallest absolute Gasteiger partial charge is 0.408 e. The number of benzene rings is 2. The Morgan fingerprint density at radius 1 is 1.10 bits per heavy atom. The zero-order valence-corrected chi connectivity index (χ0v) is 23.4. The Labute approximate surface area is 233 Å². The molecule has 0 unspecified atom stereocenters. The summed E-state index contributed by atoms with van der Waals surface area (Å²) in [5.74, 6) is 0.309. The van der Waals surface area contributed by atoms with Gasteiger partial charge in [-0.15, -0.1) is 0 Å². The summed E-state index contributed by atoms with van der Waals surface area (Å²) in [6, 6.07) is 13.2. The number of carbonyl (C=O) groups is 2. The number of carbonyl (C=O) groups excluding carboxylic acids is 2. The Bertz CT molecular complexity index is 1290. The minimum Gasteiger partial charge on any atom is -0.493 e. The first-order valence-corrected chi connectivity index (χ1v) is 13.4. The highest BCUT2D eigenvalue weighted by molar-refractivity contribution is 5.85. The Kier molecular flexibility index (Phi) is 9.36. The molecule has 1 atom stereocenters. The van der Waals surface area contributed by atoms with E-state index in [1.54, 1.807) is 44.7 Å². The summed E-state index contributed by atoms with van der Waals surface area (Å²) in [6.07, 6.45) is 0.146. The maximum atomic E-state index is 14.8. The number of rotatable bonds is 9. The molecule has 0 radical (unpaired) electrons. The van der Waals surface area contributed by atoms with Crippen LogP contribution in [-0.2, 0) is 9.53 Å². The molecule has 2 aromatic carbocycles. The third-order valence-corrected chi connectivity index (χ3v) is 6.30. The van der Waals surface area contributed by atoms with Crippen molar-refractivity contribution in [3.63, 3.8) is 0 Å². The van der Waals surface area contributed by atoms with Gasteiger partial charge in [0, 0.05) is 44.4 Å². The van der Waals surface area contributed by atoms with Gasteiger partial charge >= 0.3 is 6.09 Å². The van der Waals surface area contributed by atoms with Crippen LogP contribution in [0.5, 0.6) is 5.75 Å². The summed E-state index contributed by atoms with van der Waals surface area (Å²) in [6.45, 7) is 10.8. The fourth-order valence-corrected chi connectivity index (χ4v) is 4.29. The van der Waals surface area contributed by atoms with Gasteiger partial charge in [0.25, 0.3) is 5.89 Å². The van der Waals surface area contributed by atoms with Crippen molar-refractivity contribution in [1.29, 1.82) is 0 Å².